The molecule has 4 rings (SSSR count). The van der Waals surface area contributed by atoms with Crippen LogP contribution in [0.2, 0.25) is 0 Å². The van der Waals surface area contributed by atoms with Crippen molar-refractivity contribution in [1.82, 2.24) is 5.32 Å². The lowest BCUT2D eigenvalue weighted by molar-refractivity contribution is -0.116. The Morgan fingerprint density at radius 2 is 1.68 bits per heavy atom. The van der Waals surface area contributed by atoms with Gasteiger partial charge in [0.15, 0.2) is 5.78 Å². The van der Waals surface area contributed by atoms with Crippen molar-refractivity contribution in [2.45, 2.75) is 45.4 Å². The summed E-state index contributed by atoms with van der Waals surface area (Å²) >= 11 is 0. The van der Waals surface area contributed by atoms with E-state index in [-0.39, 0.29) is 17.6 Å². The molecule has 2 aromatic rings. The number of anilines is 1. The van der Waals surface area contributed by atoms with Gasteiger partial charge in [-0.05, 0) is 56.4 Å². The molecule has 2 aliphatic rings. The molecular formula is C27H29N3O. The van der Waals surface area contributed by atoms with Gasteiger partial charge in [0.2, 0.25) is 0 Å². The van der Waals surface area contributed by atoms with E-state index in [0.717, 1.165) is 47.7 Å². The summed E-state index contributed by atoms with van der Waals surface area (Å²) in [6, 6.07) is 21.0. The molecule has 1 aliphatic carbocycles. The predicted molar refractivity (Wildman–Crippen MR) is 125 cm³/mol. The van der Waals surface area contributed by atoms with Crippen LogP contribution in [0.4, 0.5) is 5.69 Å². The fourth-order valence-corrected chi connectivity index (χ4v) is 4.95. The quantitative estimate of drug-likeness (QED) is 0.714. The van der Waals surface area contributed by atoms with Gasteiger partial charge >= 0.3 is 0 Å². The Morgan fingerprint density at radius 3 is 2.29 bits per heavy atom. The number of ketones is 1. The maximum Gasteiger partial charge on any atom is 0.162 e. The first-order valence-corrected chi connectivity index (χ1v) is 11.1. The second kappa shape index (κ2) is 8.81. The highest BCUT2D eigenvalue weighted by Gasteiger charge is 2.38. The largest absolute Gasteiger partial charge is 0.372 e. The predicted octanol–water partition coefficient (Wildman–Crippen LogP) is 5.42. The first-order chi connectivity index (χ1) is 15.1. The molecule has 1 N–H and O–H groups in total. The number of dihydropyridines is 1. The normalized spacial score (nSPS) is 20.8. The van der Waals surface area contributed by atoms with Crippen LogP contribution in [0.15, 0.2) is 77.1 Å². The molecule has 158 valence electrons. The van der Waals surface area contributed by atoms with Gasteiger partial charge < -0.3 is 10.2 Å². The van der Waals surface area contributed by atoms with Crippen LogP contribution in [0.3, 0.4) is 0 Å². The van der Waals surface area contributed by atoms with Crippen LogP contribution in [-0.2, 0) is 4.79 Å². The van der Waals surface area contributed by atoms with Gasteiger partial charge in [0.1, 0.15) is 0 Å². The number of carbonyl (C=O) groups is 1. The zero-order valence-corrected chi connectivity index (χ0v) is 18.5. The van der Waals surface area contributed by atoms with Crippen molar-refractivity contribution in [3.05, 3.63) is 88.3 Å². The standard InChI is InChI=1S/C27H29N3O/c1-4-30(5-2)22-13-11-20(12-14-22)26-23(17-28)18(3)29-24-15-21(16-25(31)27(24)26)19-9-7-6-8-10-19/h6-14,21,26,29H,4-5,15-16H2,1-3H3/t21-,26-/m0/s1. The lowest BCUT2D eigenvalue weighted by Gasteiger charge is -2.35. The Morgan fingerprint density at radius 1 is 1.00 bits per heavy atom. The van der Waals surface area contributed by atoms with Crippen molar-refractivity contribution < 1.29 is 4.79 Å². The zero-order valence-electron chi connectivity index (χ0n) is 18.5. The summed E-state index contributed by atoms with van der Waals surface area (Å²) in [7, 11) is 0. The Hall–Kier alpha value is -3.32. The van der Waals surface area contributed by atoms with Crippen molar-refractivity contribution in [3.63, 3.8) is 0 Å². The average Bonchev–Trinajstić information content (AvgIpc) is 2.80. The van der Waals surface area contributed by atoms with Crippen molar-refractivity contribution >= 4 is 11.5 Å². The summed E-state index contributed by atoms with van der Waals surface area (Å²) in [6.07, 6.45) is 1.27. The van der Waals surface area contributed by atoms with Crippen LogP contribution < -0.4 is 10.2 Å². The van der Waals surface area contributed by atoms with E-state index in [1.165, 1.54) is 5.56 Å². The van der Waals surface area contributed by atoms with Gasteiger partial charge in [0.05, 0.1) is 17.6 Å². The molecule has 0 fully saturated rings. The third-order valence-electron chi connectivity index (χ3n) is 6.57. The number of rotatable bonds is 5. The van der Waals surface area contributed by atoms with Gasteiger partial charge in [-0.15, -0.1) is 0 Å². The van der Waals surface area contributed by atoms with Crippen molar-refractivity contribution in [2.24, 2.45) is 0 Å². The molecule has 4 nitrogen and oxygen atoms in total. The molecule has 1 aliphatic heterocycles. The second-order valence-electron chi connectivity index (χ2n) is 8.30. The second-order valence-corrected chi connectivity index (χ2v) is 8.30. The number of nitriles is 1. The first-order valence-electron chi connectivity index (χ1n) is 11.1. The summed E-state index contributed by atoms with van der Waals surface area (Å²) in [6.45, 7) is 8.12. The number of benzene rings is 2. The Balaban J connectivity index is 1.73. The maximum absolute atomic E-state index is 13.4. The maximum atomic E-state index is 13.4. The number of Topliss-reactive ketones (excluding diaryl/α,β-unsaturated/α-hetero) is 1. The van der Waals surface area contributed by atoms with Crippen LogP contribution in [0.25, 0.3) is 0 Å². The SMILES string of the molecule is CCN(CC)c1ccc([C@H]2C(C#N)=C(C)NC3=C2C(=O)C[C@@H](c2ccccc2)C3)cc1. The van der Waals surface area contributed by atoms with Gasteiger partial charge in [-0.2, -0.15) is 5.26 Å². The number of nitrogens with one attached hydrogen (secondary N) is 1. The number of carbonyl (C=O) groups excluding carboxylic acids is 1. The molecule has 1 heterocycles. The summed E-state index contributed by atoms with van der Waals surface area (Å²) in [4.78, 5) is 15.7. The molecule has 0 radical (unpaired) electrons. The average molecular weight is 412 g/mol. The summed E-state index contributed by atoms with van der Waals surface area (Å²) in [5.41, 5.74) is 6.59. The highest BCUT2D eigenvalue weighted by Crippen LogP contribution is 2.45. The van der Waals surface area contributed by atoms with E-state index in [0.29, 0.717) is 12.0 Å². The minimum atomic E-state index is -0.295. The molecule has 0 bridgehead atoms. The third kappa shape index (κ3) is 3.88. The third-order valence-corrected chi connectivity index (χ3v) is 6.57. The van der Waals surface area contributed by atoms with Crippen molar-refractivity contribution in [2.75, 3.05) is 18.0 Å². The van der Waals surface area contributed by atoms with Gasteiger partial charge in [0.25, 0.3) is 0 Å². The smallest absolute Gasteiger partial charge is 0.162 e. The minimum Gasteiger partial charge on any atom is -0.372 e. The molecule has 2 aromatic carbocycles. The van der Waals surface area contributed by atoms with Gasteiger partial charge in [-0.1, -0.05) is 42.5 Å². The Labute approximate surface area is 184 Å². The lowest BCUT2D eigenvalue weighted by Crippen LogP contribution is -2.33. The van der Waals surface area contributed by atoms with Crippen molar-refractivity contribution in [3.8, 4) is 6.07 Å². The van der Waals surface area contributed by atoms with Gasteiger partial charge in [-0.3, -0.25) is 4.79 Å². The topological polar surface area (TPSA) is 56.1 Å². The van der Waals surface area contributed by atoms with Gasteiger partial charge in [-0.25, -0.2) is 0 Å². The fraction of sp³-hybridized carbons (Fsp3) is 0.333. The molecule has 31 heavy (non-hydrogen) atoms. The van der Waals surface area contributed by atoms with Gasteiger partial charge in [0, 0.05) is 42.2 Å². The van der Waals surface area contributed by atoms with E-state index in [4.69, 9.17) is 0 Å². The summed E-state index contributed by atoms with van der Waals surface area (Å²) in [5.74, 6) is 0.0129. The van der Waals surface area contributed by atoms with E-state index < -0.39 is 0 Å². The number of allylic oxidation sites excluding steroid dienone is 4. The van der Waals surface area contributed by atoms with E-state index >= 15 is 0 Å². The molecular weight excluding hydrogens is 382 g/mol. The van der Waals surface area contributed by atoms with Crippen molar-refractivity contribution in [1.29, 1.82) is 5.26 Å². The number of hydrogen-bond donors (Lipinski definition) is 1. The highest BCUT2D eigenvalue weighted by molar-refractivity contribution is 6.00. The summed E-state index contributed by atoms with van der Waals surface area (Å²) < 4.78 is 0. The minimum absolute atomic E-state index is 0.140. The molecule has 0 unspecified atom stereocenters. The highest BCUT2D eigenvalue weighted by atomic mass is 16.1. The number of hydrogen-bond acceptors (Lipinski definition) is 4. The Bertz CT molecular complexity index is 1070. The molecule has 2 atom stereocenters. The molecule has 0 amide bonds. The summed E-state index contributed by atoms with van der Waals surface area (Å²) in [5, 5.41) is 13.3. The van der Waals surface area contributed by atoms with Crippen LogP contribution >= 0.6 is 0 Å². The fourth-order valence-electron chi connectivity index (χ4n) is 4.95. The van der Waals surface area contributed by atoms with E-state index in [1.807, 2.05) is 25.1 Å². The molecule has 0 saturated carbocycles. The molecule has 0 saturated heterocycles. The van der Waals surface area contributed by atoms with Crippen LogP contribution in [0.5, 0.6) is 0 Å². The molecule has 0 spiro atoms. The Kier molecular flexibility index (Phi) is 5.95. The molecule has 4 heteroatoms. The van der Waals surface area contributed by atoms with Crippen LogP contribution in [0.1, 0.15) is 56.6 Å². The van der Waals surface area contributed by atoms with E-state index in [2.05, 4.69) is 66.5 Å². The first kappa shape index (κ1) is 20.9. The monoisotopic (exact) mass is 411 g/mol. The van der Waals surface area contributed by atoms with Crippen LogP contribution in [-0.4, -0.2) is 18.9 Å². The number of nitrogens with zero attached hydrogens (tertiary/aromatic N) is 2. The van der Waals surface area contributed by atoms with E-state index in [9.17, 15) is 10.1 Å². The zero-order chi connectivity index (χ0) is 22.0. The van der Waals surface area contributed by atoms with Crippen LogP contribution in [0, 0.1) is 11.3 Å². The van der Waals surface area contributed by atoms with E-state index in [1.54, 1.807) is 0 Å². The molecule has 0 aromatic heterocycles. The lowest BCUT2D eigenvalue weighted by atomic mass is 9.72.